The van der Waals surface area contributed by atoms with Crippen LogP contribution in [0.2, 0.25) is 5.02 Å². The van der Waals surface area contributed by atoms with Crippen LogP contribution < -0.4 is 5.32 Å². The van der Waals surface area contributed by atoms with Crippen molar-refractivity contribution in [2.75, 3.05) is 5.32 Å². The largest absolute Gasteiger partial charge is 0.481 e. The van der Waals surface area contributed by atoms with Crippen LogP contribution in [-0.4, -0.2) is 21.5 Å². The number of ether oxygens (including phenoxy) is 1. The molecule has 1 atom stereocenters. The van der Waals surface area contributed by atoms with Crippen molar-refractivity contribution in [2.24, 2.45) is 0 Å². The number of aliphatic carboxylic acids is 1. The molecule has 36 heavy (non-hydrogen) atoms. The summed E-state index contributed by atoms with van der Waals surface area (Å²) in [6.45, 7) is 1.77. The summed E-state index contributed by atoms with van der Waals surface area (Å²) in [5, 5.41) is 12.8. The van der Waals surface area contributed by atoms with Gasteiger partial charge in [0.2, 0.25) is 0 Å². The molecular weight excluding hydrogens is 496 g/mol. The molecule has 0 aliphatic heterocycles. The number of amides is 1. The number of nitrogens with zero attached hydrogens (tertiary/aromatic N) is 1. The number of carboxylic acid groups (broad SMARTS) is 1. The van der Waals surface area contributed by atoms with Crippen LogP contribution in [0, 0.1) is 0 Å². The number of hydrogen-bond donors (Lipinski definition) is 2. The second kappa shape index (κ2) is 9.76. The van der Waals surface area contributed by atoms with E-state index >= 15 is 0 Å². The molecule has 1 fully saturated rings. The van der Waals surface area contributed by atoms with Crippen LogP contribution >= 0.6 is 23.1 Å². The highest BCUT2D eigenvalue weighted by atomic mass is 35.5. The van der Waals surface area contributed by atoms with Crippen LogP contribution in [0.15, 0.2) is 79.0 Å². The summed E-state index contributed by atoms with van der Waals surface area (Å²) in [6.07, 6.45) is 1.88. The van der Waals surface area contributed by atoms with E-state index < -0.39 is 23.6 Å². The van der Waals surface area contributed by atoms with Gasteiger partial charge >= 0.3 is 12.1 Å². The van der Waals surface area contributed by atoms with Crippen molar-refractivity contribution in [3.05, 3.63) is 95.1 Å². The minimum absolute atomic E-state index is 0.510. The van der Waals surface area contributed by atoms with Crippen molar-refractivity contribution in [3.8, 4) is 21.6 Å². The van der Waals surface area contributed by atoms with Crippen molar-refractivity contribution in [1.29, 1.82) is 0 Å². The Kier molecular flexibility index (Phi) is 6.51. The van der Waals surface area contributed by atoms with E-state index in [4.69, 9.17) is 16.3 Å². The topological polar surface area (TPSA) is 88.5 Å². The smallest absolute Gasteiger partial charge is 0.412 e. The SMILES string of the molecule is C[C@@H](OC(=O)Nc1cnsc1-c1ccc(-c2ccc(C3(C(=O)O)CC3)cc2)cc1)c1ccccc1Cl. The normalized spacial score (nSPS) is 14.6. The molecule has 1 amide bonds. The standard InChI is InChI=1S/C28H23ClN2O4S/c1-17(22-4-2-3-5-23(22)29)35-27(34)31-24-16-30-36-25(24)20-8-6-18(7-9-20)19-10-12-21(13-11-19)28(14-15-28)26(32)33/h2-13,16-17H,14-15H2,1H3,(H,31,34)(H,32,33)/t17-/m1/s1. The van der Waals surface area contributed by atoms with Gasteiger partial charge in [0, 0.05) is 10.6 Å². The van der Waals surface area contributed by atoms with E-state index in [1.165, 1.54) is 11.5 Å². The lowest BCUT2D eigenvalue weighted by atomic mass is 9.93. The molecule has 0 spiro atoms. The van der Waals surface area contributed by atoms with Gasteiger partial charge in [-0.15, -0.1) is 0 Å². The summed E-state index contributed by atoms with van der Waals surface area (Å²) in [5.41, 5.74) is 4.38. The van der Waals surface area contributed by atoms with Gasteiger partial charge in [0.15, 0.2) is 0 Å². The molecule has 8 heteroatoms. The number of carbonyl (C=O) groups is 2. The number of carboxylic acids is 1. The molecule has 1 heterocycles. The fraction of sp³-hybridized carbons (Fsp3) is 0.179. The number of aromatic nitrogens is 1. The zero-order valence-corrected chi connectivity index (χ0v) is 21.0. The Bertz CT molecular complexity index is 1410. The lowest BCUT2D eigenvalue weighted by Gasteiger charge is -2.15. The molecule has 3 aromatic carbocycles. The highest BCUT2D eigenvalue weighted by Gasteiger charge is 2.51. The minimum atomic E-state index is -0.754. The Morgan fingerprint density at radius 1 is 1.00 bits per heavy atom. The number of halogens is 1. The number of benzene rings is 3. The van der Waals surface area contributed by atoms with Crippen LogP contribution in [0.4, 0.5) is 10.5 Å². The molecule has 2 N–H and O–H groups in total. The molecule has 6 nitrogen and oxygen atoms in total. The molecule has 182 valence electrons. The van der Waals surface area contributed by atoms with Gasteiger partial charge in [-0.05, 0) is 59.6 Å². The fourth-order valence-electron chi connectivity index (χ4n) is 4.25. The Morgan fingerprint density at radius 3 is 2.22 bits per heavy atom. The predicted octanol–water partition coefficient (Wildman–Crippen LogP) is 7.56. The van der Waals surface area contributed by atoms with Crippen molar-refractivity contribution in [1.82, 2.24) is 4.37 Å². The zero-order chi connectivity index (χ0) is 25.3. The Hall–Kier alpha value is -3.68. The summed E-state index contributed by atoms with van der Waals surface area (Å²) < 4.78 is 9.76. The molecule has 4 aromatic rings. The average molecular weight is 519 g/mol. The second-order valence-corrected chi connectivity index (χ2v) is 10.0. The van der Waals surface area contributed by atoms with Gasteiger partial charge in [-0.2, -0.15) is 4.37 Å². The molecule has 0 unspecified atom stereocenters. The van der Waals surface area contributed by atoms with Gasteiger partial charge < -0.3 is 9.84 Å². The van der Waals surface area contributed by atoms with Gasteiger partial charge in [-0.25, -0.2) is 4.79 Å². The molecule has 1 aromatic heterocycles. The summed E-state index contributed by atoms with van der Waals surface area (Å²) in [7, 11) is 0. The fourth-order valence-corrected chi connectivity index (χ4v) is 5.25. The summed E-state index contributed by atoms with van der Waals surface area (Å²) in [6, 6.07) is 22.9. The van der Waals surface area contributed by atoms with Gasteiger partial charge in [0.05, 0.1) is 22.2 Å². The third kappa shape index (κ3) is 4.72. The summed E-state index contributed by atoms with van der Waals surface area (Å²) in [5.74, 6) is -0.754. The van der Waals surface area contributed by atoms with Crippen LogP contribution in [0.25, 0.3) is 21.6 Å². The molecule has 1 saturated carbocycles. The highest BCUT2D eigenvalue weighted by molar-refractivity contribution is 7.10. The van der Waals surface area contributed by atoms with Crippen molar-refractivity contribution < 1.29 is 19.4 Å². The van der Waals surface area contributed by atoms with Gasteiger partial charge in [-0.1, -0.05) is 78.3 Å². The molecule has 0 bridgehead atoms. The van der Waals surface area contributed by atoms with E-state index in [1.54, 1.807) is 19.2 Å². The van der Waals surface area contributed by atoms with Crippen LogP contribution in [0.3, 0.4) is 0 Å². The van der Waals surface area contributed by atoms with Gasteiger partial charge in [0.1, 0.15) is 6.10 Å². The maximum absolute atomic E-state index is 12.5. The first-order valence-electron chi connectivity index (χ1n) is 11.5. The molecule has 0 saturated heterocycles. The Morgan fingerprint density at radius 2 is 1.61 bits per heavy atom. The lowest BCUT2D eigenvalue weighted by Crippen LogP contribution is -2.19. The van der Waals surface area contributed by atoms with E-state index in [1.807, 2.05) is 66.7 Å². The summed E-state index contributed by atoms with van der Waals surface area (Å²) in [4.78, 5) is 24.9. The van der Waals surface area contributed by atoms with E-state index in [0.29, 0.717) is 23.6 Å². The number of anilines is 1. The van der Waals surface area contributed by atoms with Gasteiger partial charge in [-0.3, -0.25) is 10.1 Å². The molecule has 1 aliphatic carbocycles. The first-order valence-corrected chi connectivity index (χ1v) is 12.6. The molecule has 0 radical (unpaired) electrons. The maximum Gasteiger partial charge on any atom is 0.412 e. The Labute approximate surface area is 217 Å². The monoisotopic (exact) mass is 518 g/mol. The van der Waals surface area contributed by atoms with E-state index in [-0.39, 0.29) is 0 Å². The third-order valence-electron chi connectivity index (χ3n) is 6.51. The van der Waals surface area contributed by atoms with Crippen LogP contribution in [0.1, 0.15) is 37.0 Å². The summed E-state index contributed by atoms with van der Waals surface area (Å²) >= 11 is 7.49. The average Bonchev–Trinajstić information content (AvgIpc) is 3.58. The van der Waals surface area contributed by atoms with Crippen molar-refractivity contribution in [3.63, 3.8) is 0 Å². The highest BCUT2D eigenvalue weighted by Crippen LogP contribution is 2.48. The number of hydrogen-bond acceptors (Lipinski definition) is 5. The van der Waals surface area contributed by atoms with Crippen molar-refractivity contribution >= 4 is 40.9 Å². The van der Waals surface area contributed by atoms with Gasteiger partial charge in [0.25, 0.3) is 0 Å². The van der Waals surface area contributed by atoms with E-state index in [0.717, 1.165) is 32.7 Å². The predicted molar refractivity (Wildman–Crippen MR) is 142 cm³/mol. The van der Waals surface area contributed by atoms with Crippen molar-refractivity contribution in [2.45, 2.75) is 31.3 Å². The third-order valence-corrected chi connectivity index (χ3v) is 7.70. The minimum Gasteiger partial charge on any atom is -0.481 e. The van der Waals surface area contributed by atoms with Crippen LogP contribution in [0.5, 0.6) is 0 Å². The molecular formula is C28H23ClN2O4S. The zero-order valence-electron chi connectivity index (χ0n) is 19.4. The van der Waals surface area contributed by atoms with E-state index in [9.17, 15) is 14.7 Å². The Balaban J connectivity index is 1.27. The number of rotatable bonds is 7. The number of carbonyl (C=O) groups excluding carboxylic acids is 1. The quantitative estimate of drug-likeness (QED) is 0.263. The first kappa shape index (κ1) is 24.0. The van der Waals surface area contributed by atoms with Crippen LogP contribution in [-0.2, 0) is 14.9 Å². The van der Waals surface area contributed by atoms with E-state index in [2.05, 4.69) is 9.69 Å². The first-order chi connectivity index (χ1) is 17.4. The second-order valence-electron chi connectivity index (χ2n) is 8.80. The number of nitrogens with one attached hydrogen (secondary N) is 1. The maximum atomic E-state index is 12.5. The molecule has 1 aliphatic rings. The molecule has 5 rings (SSSR count). The lowest BCUT2D eigenvalue weighted by molar-refractivity contribution is -0.140.